The predicted octanol–water partition coefficient (Wildman–Crippen LogP) is 2.67. The number of hydrogen-bond donors (Lipinski definition) is 0. The Balaban J connectivity index is 1.81. The molecule has 0 spiro atoms. The Labute approximate surface area is 121 Å². The lowest BCUT2D eigenvalue weighted by atomic mass is 10.2. The van der Waals surface area contributed by atoms with E-state index in [-0.39, 0.29) is 0 Å². The maximum Gasteiger partial charge on any atom is 0.168 e. The van der Waals surface area contributed by atoms with Gasteiger partial charge in [-0.25, -0.2) is 15.0 Å². The third-order valence-electron chi connectivity index (χ3n) is 3.43. The molecule has 0 atom stereocenters. The second-order valence-corrected chi connectivity index (χ2v) is 4.82. The molecule has 0 saturated heterocycles. The molecule has 4 aromatic rings. The van der Waals surface area contributed by atoms with E-state index in [1.54, 1.807) is 6.33 Å². The lowest BCUT2D eigenvalue weighted by Gasteiger charge is -2.05. The summed E-state index contributed by atoms with van der Waals surface area (Å²) >= 11 is 0. The van der Waals surface area contributed by atoms with E-state index in [1.165, 1.54) is 5.56 Å². The average molecular weight is 275 g/mol. The molecule has 0 fully saturated rings. The first-order valence-electron chi connectivity index (χ1n) is 6.75. The van der Waals surface area contributed by atoms with Crippen molar-refractivity contribution in [3.8, 4) is 5.82 Å². The van der Waals surface area contributed by atoms with Crippen LogP contribution in [0.2, 0.25) is 0 Å². The van der Waals surface area contributed by atoms with E-state index in [2.05, 4.69) is 27.1 Å². The molecule has 0 amide bonds. The van der Waals surface area contributed by atoms with E-state index in [0.29, 0.717) is 0 Å². The van der Waals surface area contributed by atoms with Gasteiger partial charge in [0.05, 0.1) is 12.9 Å². The van der Waals surface area contributed by atoms with Crippen molar-refractivity contribution >= 4 is 11.2 Å². The third kappa shape index (κ3) is 2.08. The van der Waals surface area contributed by atoms with Gasteiger partial charge in [-0.2, -0.15) is 0 Å². The fraction of sp³-hybridized carbons (Fsp3) is 0.0625. The van der Waals surface area contributed by atoms with Gasteiger partial charge in [0.2, 0.25) is 0 Å². The highest BCUT2D eigenvalue weighted by Gasteiger charge is 2.11. The Morgan fingerprint density at radius 3 is 2.48 bits per heavy atom. The van der Waals surface area contributed by atoms with Crippen LogP contribution in [0.4, 0.5) is 0 Å². The molecule has 0 N–H and O–H groups in total. The molecule has 3 aromatic heterocycles. The summed E-state index contributed by atoms with van der Waals surface area (Å²) in [5.41, 5.74) is 2.88. The number of benzene rings is 1. The number of rotatable bonds is 3. The van der Waals surface area contributed by atoms with Gasteiger partial charge in [-0.3, -0.25) is 0 Å². The van der Waals surface area contributed by atoms with Crippen molar-refractivity contribution in [3.63, 3.8) is 0 Å². The molecule has 1 aromatic carbocycles. The standard InChI is InChI=1S/C16H13N5/c1-2-6-13(7-3-1)10-21-12-19-14-15(17-11-18-16(14)21)20-8-4-5-9-20/h1-9,11-12H,10H2. The number of aromatic nitrogens is 5. The van der Waals surface area contributed by atoms with Crippen molar-refractivity contribution in [2.45, 2.75) is 6.54 Å². The normalized spacial score (nSPS) is 11.0. The van der Waals surface area contributed by atoms with Crippen LogP contribution in [0.1, 0.15) is 5.56 Å². The topological polar surface area (TPSA) is 48.5 Å². The second kappa shape index (κ2) is 4.86. The van der Waals surface area contributed by atoms with Crippen LogP contribution in [0.3, 0.4) is 0 Å². The van der Waals surface area contributed by atoms with Gasteiger partial charge >= 0.3 is 0 Å². The summed E-state index contributed by atoms with van der Waals surface area (Å²) in [7, 11) is 0. The molecule has 5 nitrogen and oxygen atoms in total. The van der Waals surface area contributed by atoms with Crippen LogP contribution in [-0.2, 0) is 6.54 Å². The summed E-state index contributed by atoms with van der Waals surface area (Å²) < 4.78 is 3.99. The zero-order valence-corrected chi connectivity index (χ0v) is 11.3. The number of imidazole rings is 1. The SMILES string of the molecule is c1ccc(Cn2cnc3c(-n4cccc4)ncnc32)cc1. The highest BCUT2D eigenvalue weighted by molar-refractivity contribution is 5.78. The van der Waals surface area contributed by atoms with Crippen molar-refractivity contribution in [2.75, 3.05) is 0 Å². The highest BCUT2D eigenvalue weighted by Crippen LogP contribution is 2.17. The van der Waals surface area contributed by atoms with Crippen molar-refractivity contribution in [1.82, 2.24) is 24.1 Å². The van der Waals surface area contributed by atoms with E-state index >= 15 is 0 Å². The first-order valence-corrected chi connectivity index (χ1v) is 6.75. The average Bonchev–Trinajstić information content (AvgIpc) is 3.18. The van der Waals surface area contributed by atoms with Gasteiger partial charge in [0.15, 0.2) is 17.0 Å². The zero-order chi connectivity index (χ0) is 14.1. The Kier molecular flexibility index (Phi) is 2.74. The molecule has 102 valence electrons. The summed E-state index contributed by atoms with van der Waals surface area (Å²) in [6.45, 7) is 0.749. The lowest BCUT2D eigenvalue weighted by Crippen LogP contribution is -2.01. The Hall–Kier alpha value is -2.95. The van der Waals surface area contributed by atoms with Crippen molar-refractivity contribution in [2.24, 2.45) is 0 Å². The molecule has 0 aliphatic heterocycles. The quantitative estimate of drug-likeness (QED) is 0.577. The molecular weight excluding hydrogens is 262 g/mol. The molecule has 3 heterocycles. The first-order chi connectivity index (χ1) is 10.4. The van der Waals surface area contributed by atoms with Crippen molar-refractivity contribution in [1.29, 1.82) is 0 Å². The van der Waals surface area contributed by atoms with Crippen LogP contribution in [0.5, 0.6) is 0 Å². The third-order valence-corrected chi connectivity index (χ3v) is 3.43. The Morgan fingerprint density at radius 2 is 1.67 bits per heavy atom. The Morgan fingerprint density at radius 1 is 0.857 bits per heavy atom. The second-order valence-electron chi connectivity index (χ2n) is 4.82. The van der Waals surface area contributed by atoms with Crippen LogP contribution in [0.25, 0.3) is 17.0 Å². The van der Waals surface area contributed by atoms with E-state index in [9.17, 15) is 0 Å². The minimum atomic E-state index is 0.749. The molecule has 21 heavy (non-hydrogen) atoms. The zero-order valence-electron chi connectivity index (χ0n) is 11.3. The van der Waals surface area contributed by atoms with Crippen LogP contribution in [0.15, 0.2) is 67.5 Å². The van der Waals surface area contributed by atoms with E-state index in [0.717, 1.165) is 23.5 Å². The minimum absolute atomic E-state index is 0.749. The molecule has 0 saturated carbocycles. The maximum atomic E-state index is 4.49. The van der Waals surface area contributed by atoms with Gasteiger partial charge in [0, 0.05) is 12.4 Å². The van der Waals surface area contributed by atoms with Gasteiger partial charge in [0.1, 0.15) is 6.33 Å². The van der Waals surface area contributed by atoms with Gasteiger partial charge in [-0.05, 0) is 17.7 Å². The predicted molar refractivity (Wildman–Crippen MR) is 80.2 cm³/mol. The molecule has 5 heteroatoms. The molecule has 0 unspecified atom stereocenters. The minimum Gasteiger partial charge on any atom is -0.311 e. The van der Waals surface area contributed by atoms with E-state index < -0.39 is 0 Å². The summed E-state index contributed by atoms with van der Waals surface area (Å²) in [5, 5.41) is 0. The number of hydrogen-bond acceptors (Lipinski definition) is 3. The smallest absolute Gasteiger partial charge is 0.168 e. The van der Waals surface area contributed by atoms with Gasteiger partial charge in [0.25, 0.3) is 0 Å². The van der Waals surface area contributed by atoms with Gasteiger partial charge in [-0.1, -0.05) is 30.3 Å². The molecule has 0 aliphatic carbocycles. The number of fused-ring (bicyclic) bond motifs is 1. The molecule has 0 aliphatic rings. The van der Waals surface area contributed by atoms with Crippen molar-refractivity contribution in [3.05, 3.63) is 73.1 Å². The maximum absolute atomic E-state index is 4.49. The first kappa shape index (κ1) is 11.8. The fourth-order valence-electron chi connectivity index (χ4n) is 2.43. The van der Waals surface area contributed by atoms with Crippen LogP contribution >= 0.6 is 0 Å². The van der Waals surface area contributed by atoms with E-state index in [4.69, 9.17) is 0 Å². The number of nitrogens with zero attached hydrogens (tertiary/aromatic N) is 5. The summed E-state index contributed by atoms with van der Waals surface area (Å²) in [5.74, 6) is 0.803. The molecule has 0 radical (unpaired) electrons. The summed E-state index contributed by atoms with van der Waals surface area (Å²) in [6, 6.07) is 14.2. The summed E-state index contributed by atoms with van der Waals surface area (Å²) in [6.07, 6.45) is 7.32. The monoisotopic (exact) mass is 275 g/mol. The molecule has 0 bridgehead atoms. The van der Waals surface area contributed by atoms with Crippen LogP contribution < -0.4 is 0 Å². The highest BCUT2D eigenvalue weighted by atomic mass is 15.2. The van der Waals surface area contributed by atoms with Crippen LogP contribution in [0, 0.1) is 0 Å². The van der Waals surface area contributed by atoms with Gasteiger partial charge < -0.3 is 9.13 Å². The van der Waals surface area contributed by atoms with Gasteiger partial charge in [-0.15, -0.1) is 0 Å². The Bertz CT molecular complexity index is 862. The van der Waals surface area contributed by atoms with Crippen molar-refractivity contribution < 1.29 is 0 Å². The summed E-state index contributed by atoms with van der Waals surface area (Å²) in [4.78, 5) is 13.2. The molecule has 4 rings (SSSR count). The molecular formula is C16H13N5. The fourth-order valence-corrected chi connectivity index (χ4v) is 2.43. The van der Waals surface area contributed by atoms with E-state index in [1.807, 2.05) is 58.2 Å². The largest absolute Gasteiger partial charge is 0.311 e. The lowest BCUT2D eigenvalue weighted by molar-refractivity contribution is 0.812. The van der Waals surface area contributed by atoms with Crippen LogP contribution in [-0.4, -0.2) is 24.1 Å².